The van der Waals surface area contributed by atoms with Crippen LogP contribution in [0.1, 0.15) is 32.1 Å². The van der Waals surface area contributed by atoms with Gasteiger partial charge in [0.2, 0.25) is 0 Å². The first-order chi connectivity index (χ1) is 11.8. The maximum Gasteiger partial charge on any atom is 0.300 e. The van der Waals surface area contributed by atoms with Crippen LogP contribution in [0.4, 0.5) is 5.69 Å². The van der Waals surface area contributed by atoms with Gasteiger partial charge in [-0.15, -0.1) is 0 Å². The number of rotatable bonds is 4. The predicted molar refractivity (Wildman–Crippen MR) is 93.6 cm³/mol. The molecule has 2 heterocycles. The van der Waals surface area contributed by atoms with Gasteiger partial charge in [0, 0.05) is 24.0 Å². The minimum absolute atomic E-state index is 0.0291. The highest BCUT2D eigenvalue weighted by molar-refractivity contribution is 5.47. The number of benzene rings is 1. The van der Waals surface area contributed by atoms with E-state index in [1.165, 1.54) is 43.9 Å². The van der Waals surface area contributed by atoms with Gasteiger partial charge < -0.3 is 9.64 Å². The summed E-state index contributed by atoms with van der Waals surface area (Å²) in [6, 6.07) is 13.1. The molecule has 1 atom stereocenters. The summed E-state index contributed by atoms with van der Waals surface area (Å²) in [5.41, 5.74) is 1.01. The molecule has 1 unspecified atom stereocenters. The van der Waals surface area contributed by atoms with Crippen molar-refractivity contribution in [3.63, 3.8) is 0 Å². The Bertz CT molecular complexity index is 738. The van der Waals surface area contributed by atoms with Crippen molar-refractivity contribution in [1.29, 1.82) is 0 Å². The molecule has 0 spiro atoms. The highest BCUT2D eigenvalue weighted by Crippen LogP contribution is 2.29. The number of ether oxygens (including phenoxy) is 1. The lowest BCUT2D eigenvalue weighted by atomic mass is 9.93. The van der Waals surface area contributed by atoms with Crippen LogP contribution in [0.25, 0.3) is 0 Å². The molecule has 1 fully saturated rings. The molecule has 24 heavy (non-hydrogen) atoms. The zero-order valence-electron chi connectivity index (χ0n) is 13.8. The van der Waals surface area contributed by atoms with Crippen molar-refractivity contribution in [1.82, 2.24) is 9.55 Å². The van der Waals surface area contributed by atoms with E-state index in [9.17, 15) is 4.79 Å². The smallest absolute Gasteiger partial charge is 0.300 e. The summed E-state index contributed by atoms with van der Waals surface area (Å²) < 4.78 is 7.87. The van der Waals surface area contributed by atoms with Gasteiger partial charge in [0.05, 0.1) is 13.1 Å². The van der Waals surface area contributed by atoms with E-state index in [-0.39, 0.29) is 11.7 Å². The number of fused-ring (bicyclic) bond motifs is 1. The fourth-order valence-electron chi connectivity index (χ4n) is 3.84. The van der Waals surface area contributed by atoms with Crippen molar-refractivity contribution >= 4 is 5.69 Å². The lowest BCUT2D eigenvalue weighted by Crippen LogP contribution is -2.43. The lowest BCUT2D eigenvalue weighted by molar-refractivity contribution is 0.221. The fraction of sp³-hybridized carbons (Fsp3) is 0.474. The SMILES string of the molecule is O=c1ccn2c(n1)OC(CN(c1ccccc1)C1CCCCC1)C2. The minimum Gasteiger partial charge on any atom is -0.457 e. The zero-order valence-corrected chi connectivity index (χ0v) is 13.8. The van der Waals surface area contributed by atoms with E-state index in [0.29, 0.717) is 12.1 Å². The van der Waals surface area contributed by atoms with Crippen LogP contribution < -0.4 is 15.2 Å². The van der Waals surface area contributed by atoms with Gasteiger partial charge in [0.15, 0.2) is 0 Å². The van der Waals surface area contributed by atoms with E-state index >= 15 is 0 Å². The summed E-state index contributed by atoms with van der Waals surface area (Å²) in [6.07, 6.45) is 8.23. The predicted octanol–water partition coefficient (Wildman–Crippen LogP) is 2.84. The number of para-hydroxylation sites is 1. The number of hydrogen-bond donors (Lipinski definition) is 0. The highest BCUT2D eigenvalue weighted by atomic mass is 16.5. The van der Waals surface area contributed by atoms with Crippen LogP contribution in [-0.4, -0.2) is 28.2 Å². The van der Waals surface area contributed by atoms with E-state index < -0.39 is 0 Å². The maximum absolute atomic E-state index is 11.4. The van der Waals surface area contributed by atoms with Crippen molar-refractivity contribution in [3.8, 4) is 6.01 Å². The molecule has 1 aliphatic carbocycles. The van der Waals surface area contributed by atoms with Gasteiger partial charge in [-0.1, -0.05) is 37.5 Å². The molecule has 4 rings (SSSR count). The molecule has 0 bridgehead atoms. The Kier molecular flexibility index (Phi) is 4.24. The zero-order chi connectivity index (χ0) is 16.4. The Morgan fingerprint density at radius 1 is 1.12 bits per heavy atom. The molecule has 5 heteroatoms. The summed E-state index contributed by atoms with van der Waals surface area (Å²) in [4.78, 5) is 17.9. The molecule has 1 saturated carbocycles. The highest BCUT2D eigenvalue weighted by Gasteiger charge is 2.29. The third-order valence-electron chi connectivity index (χ3n) is 5.02. The molecule has 0 radical (unpaired) electrons. The lowest BCUT2D eigenvalue weighted by Gasteiger charge is -2.37. The third kappa shape index (κ3) is 3.16. The molecule has 0 amide bonds. The number of anilines is 1. The van der Waals surface area contributed by atoms with Gasteiger partial charge in [-0.2, -0.15) is 4.98 Å². The van der Waals surface area contributed by atoms with Crippen molar-refractivity contribution in [3.05, 3.63) is 52.9 Å². The Morgan fingerprint density at radius 3 is 2.71 bits per heavy atom. The molecule has 5 nitrogen and oxygen atoms in total. The van der Waals surface area contributed by atoms with Gasteiger partial charge in [0.1, 0.15) is 6.10 Å². The van der Waals surface area contributed by atoms with E-state index in [0.717, 1.165) is 13.1 Å². The van der Waals surface area contributed by atoms with E-state index in [1.807, 2.05) is 4.57 Å². The first kappa shape index (κ1) is 15.2. The fourth-order valence-corrected chi connectivity index (χ4v) is 3.84. The second-order valence-corrected chi connectivity index (χ2v) is 6.72. The minimum atomic E-state index is -0.242. The van der Waals surface area contributed by atoms with Crippen molar-refractivity contribution in [2.75, 3.05) is 11.4 Å². The molecule has 0 N–H and O–H groups in total. The maximum atomic E-state index is 11.4. The number of aromatic nitrogens is 2. The van der Waals surface area contributed by atoms with Crippen LogP contribution in [0.15, 0.2) is 47.4 Å². The van der Waals surface area contributed by atoms with Gasteiger partial charge >= 0.3 is 0 Å². The van der Waals surface area contributed by atoms with Crippen LogP contribution in [0.3, 0.4) is 0 Å². The molecule has 126 valence electrons. The molecule has 1 aromatic carbocycles. The summed E-state index contributed by atoms with van der Waals surface area (Å²) in [6.45, 7) is 1.57. The van der Waals surface area contributed by atoms with E-state index in [4.69, 9.17) is 4.74 Å². The number of hydrogen-bond acceptors (Lipinski definition) is 4. The van der Waals surface area contributed by atoms with Crippen LogP contribution >= 0.6 is 0 Å². The van der Waals surface area contributed by atoms with Gasteiger partial charge in [-0.3, -0.25) is 9.36 Å². The Balaban J connectivity index is 1.53. The van der Waals surface area contributed by atoms with Crippen molar-refractivity contribution in [2.24, 2.45) is 0 Å². The summed E-state index contributed by atoms with van der Waals surface area (Å²) in [5, 5.41) is 0. The van der Waals surface area contributed by atoms with Gasteiger partial charge in [0.25, 0.3) is 11.6 Å². The van der Waals surface area contributed by atoms with Crippen LogP contribution in [-0.2, 0) is 6.54 Å². The first-order valence-corrected chi connectivity index (χ1v) is 8.85. The first-order valence-electron chi connectivity index (χ1n) is 8.85. The average Bonchev–Trinajstić information content (AvgIpc) is 3.03. The largest absolute Gasteiger partial charge is 0.457 e. The Labute approximate surface area is 141 Å². The average molecular weight is 325 g/mol. The molecule has 1 aromatic heterocycles. The third-order valence-corrected chi connectivity index (χ3v) is 5.02. The topological polar surface area (TPSA) is 47.4 Å². The second-order valence-electron chi connectivity index (χ2n) is 6.72. The van der Waals surface area contributed by atoms with Gasteiger partial charge in [-0.25, -0.2) is 0 Å². The summed E-state index contributed by atoms with van der Waals surface area (Å²) in [5.74, 6) is 0. The standard InChI is InChI=1S/C19H23N3O2/c23-18-11-12-21-13-17(24-19(21)20-18)14-22(15-7-3-1-4-8-15)16-9-5-2-6-10-16/h1,3-4,7-8,11-12,16-17H,2,5-6,9-10,13-14H2. The summed E-state index contributed by atoms with van der Waals surface area (Å²) >= 11 is 0. The molecule has 2 aliphatic rings. The normalized spacial score (nSPS) is 20.4. The second kappa shape index (κ2) is 6.67. The molecular formula is C19H23N3O2. The molecule has 0 saturated heterocycles. The Hall–Kier alpha value is -2.30. The molecular weight excluding hydrogens is 302 g/mol. The van der Waals surface area contributed by atoms with E-state index in [2.05, 4.69) is 40.2 Å². The number of nitrogens with zero attached hydrogens (tertiary/aromatic N) is 3. The monoisotopic (exact) mass is 325 g/mol. The van der Waals surface area contributed by atoms with Crippen molar-refractivity contribution in [2.45, 2.75) is 50.8 Å². The molecule has 2 aromatic rings. The quantitative estimate of drug-likeness (QED) is 0.867. The Morgan fingerprint density at radius 2 is 1.92 bits per heavy atom. The van der Waals surface area contributed by atoms with Crippen LogP contribution in [0.5, 0.6) is 6.01 Å². The van der Waals surface area contributed by atoms with Crippen molar-refractivity contribution < 1.29 is 4.74 Å². The van der Waals surface area contributed by atoms with E-state index in [1.54, 1.807) is 6.20 Å². The van der Waals surface area contributed by atoms with Gasteiger partial charge in [-0.05, 0) is 25.0 Å². The molecule has 1 aliphatic heterocycles. The summed E-state index contributed by atoms with van der Waals surface area (Å²) in [7, 11) is 0. The van der Waals surface area contributed by atoms with Crippen LogP contribution in [0, 0.1) is 0 Å². The van der Waals surface area contributed by atoms with Crippen LogP contribution in [0.2, 0.25) is 0 Å².